The van der Waals surface area contributed by atoms with Crippen molar-refractivity contribution < 1.29 is 17.8 Å². The van der Waals surface area contributed by atoms with Gasteiger partial charge in [-0.15, -0.1) is 0 Å². The van der Waals surface area contributed by atoms with Crippen LogP contribution in [0, 0.1) is 11.3 Å². The van der Waals surface area contributed by atoms with Crippen LogP contribution in [0.25, 0.3) is 0 Å². The van der Waals surface area contributed by atoms with Gasteiger partial charge in [0.25, 0.3) is 10.1 Å². The molecule has 0 spiro atoms. The molecule has 1 rings (SSSR count). The summed E-state index contributed by atoms with van der Waals surface area (Å²) in [6.07, 6.45) is 0. The second-order valence-electron chi connectivity index (χ2n) is 3.64. The van der Waals surface area contributed by atoms with Crippen LogP contribution in [-0.4, -0.2) is 30.7 Å². The highest BCUT2D eigenvalue weighted by atomic mass is 35.5. The maximum absolute atomic E-state index is 11.1. The van der Waals surface area contributed by atoms with Gasteiger partial charge in [-0.3, -0.25) is 4.55 Å². The Bertz CT molecular complexity index is 708. The second-order valence-corrected chi connectivity index (χ2v) is 5.79. The highest BCUT2D eigenvalue weighted by Gasteiger charge is 2.04. The van der Waals surface area contributed by atoms with Crippen LogP contribution in [0.3, 0.4) is 0 Å². The van der Waals surface area contributed by atoms with Crippen LogP contribution in [0.4, 0.5) is 10.5 Å². The molecular weight excluding hydrogens is 334 g/mol. The molecule has 0 saturated carbocycles. The zero-order valence-electron chi connectivity index (χ0n) is 11.4. The Morgan fingerprint density at radius 3 is 2.45 bits per heavy atom. The van der Waals surface area contributed by atoms with Gasteiger partial charge in [0.05, 0.1) is 16.3 Å². The largest absolute Gasteiger partial charge is 0.370 e. The molecule has 9 nitrogen and oxygen atoms in total. The van der Waals surface area contributed by atoms with Gasteiger partial charge in [0.15, 0.2) is 5.96 Å². The average molecular weight is 348 g/mol. The van der Waals surface area contributed by atoms with Gasteiger partial charge < -0.3 is 16.8 Å². The molecule has 1 aromatic rings. The van der Waals surface area contributed by atoms with Gasteiger partial charge in [0.1, 0.15) is 6.07 Å². The number of nitriles is 1. The number of carbonyl (C=O) groups is 1. The molecule has 0 bridgehead atoms. The van der Waals surface area contributed by atoms with E-state index in [1.165, 1.54) is 25.1 Å². The van der Waals surface area contributed by atoms with Gasteiger partial charge in [0.2, 0.25) is 0 Å². The first-order chi connectivity index (χ1) is 10.1. The van der Waals surface area contributed by atoms with Crippen LogP contribution in [0.2, 0.25) is 5.02 Å². The lowest BCUT2D eigenvalue weighted by Gasteiger charge is -2.02. The Balaban J connectivity index is 0.000000626. The van der Waals surface area contributed by atoms with E-state index in [-0.39, 0.29) is 17.3 Å². The summed E-state index contributed by atoms with van der Waals surface area (Å²) in [6, 6.07) is 5.61. The molecule has 0 saturated heterocycles. The molecule has 0 atom stereocenters. The molecule has 120 valence electrons. The van der Waals surface area contributed by atoms with Gasteiger partial charge in [-0.05, 0) is 25.1 Å². The third-order valence-electron chi connectivity index (χ3n) is 1.93. The van der Waals surface area contributed by atoms with E-state index >= 15 is 0 Å². The van der Waals surface area contributed by atoms with E-state index in [2.05, 4.69) is 10.3 Å². The van der Waals surface area contributed by atoms with Crippen LogP contribution in [0.15, 0.2) is 23.2 Å². The molecule has 22 heavy (non-hydrogen) atoms. The predicted octanol–water partition coefficient (Wildman–Crippen LogP) is 0.911. The monoisotopic (exact) mass is 347 g/mol. The first kappa shape index (κ1) is 19.7. The van der Waals surface area contributed by atoms with Crippen LogP contribution < -0.4 is 16.8 Å². The molecule has 2 amide bonds. The molecular formula is C11H14ClN5O4S. The number of amides is 2. The fourth-order valence-electron chi connectivity index (χ4n) is 0.957. The zero-order valence-corrected chi connectivity index (χ0v) is 13.0. The van der Waals surface area contributed by atoms with Crippen molar-refractivity contribution in [2.24, 2.45) is 16.5 Å². The van der Waals surface area contributed by atoms with E-state index < -0.39 is 16.1 Å². The number of benzene rings is 1. The molecule has 0 aliphatic carbocycles. The van der Waals surface area contributed by atoms with Crippen LogP contribution >= 0.6 is 11.6 Å². The lowest BCUT2D eigenvalue weighted by molar-refractivity contribution is 0.259. The lowest BCUT2D eigenvalue weighted by atomic mass is 10.2. The Kier molecular flexibility index (Phi) is 7.89. The van der Waals surface area contributed by atoms with E-state index in [9.17, 15) is 13.2 Å². The number of halogens is 1. The van der Waals surface area contributed by atoms with Gasteiger partial charge in [-0.2, -0.15) is 18.7 Å². The zero-order chi connectivity index (χ0) is 17.3. The number of hydrogen-bond acceptors (Lipinski definition) is 4. The van der Waals surface area contributed by atoms with Gasteiger partial charge >= 0.3 is 6.03 Å². The Hall–Kier alpha value is -2.35. The summed E-state index contributed by atoms with van der Waals surface area (Å²) < 4.78 is 26.9. The summed E-state index contributed by atoms with van der Waals surface area (Å²) in [5.74, 6) is -0.542. The standard InChI is InChI=1S/C9H8ClN5O.C2H6O3S/c10-7-2-1-6(3-5(7)4-11)14-9(16)15-8(12)13;1-2-6(3,4)5/h1-3H,(H5,12,13,14,15,16);2H2,1H3,(H,3,4,5). The Morgan fingerprint density at radius 2 is 2.05 bits per heavy atom. The van der Waals surface area contributed by atoms with Crippen molar-refractivity contribution in [3.8, 4) is 6.07 Å². The van der Waals surface area contributed by atoms with Gasteiger partial charge in [0, 0.05) is 5.69 Å². The minimum Gasteiger partial charge on any atom is -0.370 e. The second kappa shape index (κ2) is 8.83. The molecule has 1 aromatic carbocycles. The Labute approximate surface area is 132 Å². The van der Waals surface area contributed by atoms with E-state index in [1.807, 2.05) is 6.07 Å². The number of aliphatic imine (C=N–C) groups is 1. The van der Waals surface area contributed by atoms with E-state index in [0.717, 1.165) is 0 Å². The van der Waals surface area contributed by atoms with Crippen molar-refractivity contribution in [3.63, 3.8) is 0 Å². The summed E-state index contributed by atoms with van der Waals surface area (Å²) in [4.78, 5) is 14.4. The summed E-state index contributed by atoms with van der Waals surface area (Å²) in [6.45, 7) is 1.37. The molecule has 11 heteroatoms. The lowest BCUT2D eigenvalue weighted by Crippen LogP contribution is -2.25. The summed E-state index contributed by atoms with van der Waals surface area (Å²) >= 11 is 5.71. The van der Waals surface area contributed by atoms with Crippen molar-refractivity contribution in [3.05, 3.63) is 28.8 Å². The Morgan fingerprint density at radius 1 is 1.50 bits per heavy atom. The summed E-state index contributed by atoms with van der Waals surface area (Å²) in [5, 5.41) is 11.4. The van der Waals surface area contributed by atoms with E-state index in [0.29, 0.717) is 10.7 Å². The number of anilines is 1. The van der Waals surface area contributed by atoms with Crippen LogP contribution in [0.5, 0.6) is 0 Å². The van der Waals surface area contributed by atoms with Gasteiger partial charge in [-0.25, -0.2) is 4.79 Å². The first-order valence-electron chi connectivity index (χ1n) is 5.64. The summed E-state index contributed by atoms with van der Waals surface area (Å²) in [5.41, 5.74) is 10.7. The maximum Gasteiger partial charge on any atom is 0.348 e. The SMILES string of the molecule is CCS(=O)(=O)O.N#Cc1cc(NC(=O)N=C(N)N)ccc1Cl. The number of carbonyl (C=O) groups excluding carboxylic acids is 1. The minimum absolute atomic E-state index is 0.201. The average Bonchev–Trinajstić information content (AvgIpc) is 2.40. The highest BCUT2D eigenvalue weighted by Crippen LogP contribution is 2.19. The van der Waals surface area contributed by atoms with Gasteiger partial charge in [-0.1, -0.05) is 11.6 Å². The van der Waals surface area contributed by atoms with Crippen molar-refractivity contribution >= 4 is 39.4 Å². The highest BCUT2D eigenvalue weighted by molar-refractivity contribution is 7.85. The fraction of sp³-hybridized carbons (Fsp3) is 0.182. The molecule has 0 fully saturated rings. The maximum atomic E-state index is 11.1. The third-order valence-corrected chi connectivity index (χ3v) is 2.99. The number of rotatable bonds is 2. The number of nitrogens with one attached hydrogen (secondary N) is 1. The number of nitrogens with zero attached hydrogens (tertiary/aromatic N) is 2. The molecule has 0 aliphatic rings. The molecule has 0 radical (unpaired) electrons. The molecule has 0 heterocycles. The molecule has 6 N–H and O–H groups in total. The number of urea groups is 1. The van der Waals surface area contributed by atoms with Crippen LogP contribution in [0.1, 0.15) is 12.5 Å². The predicted molar refractivity (Wildman–Crippen MR) is 83.1 cm³/mol. The minimum atomic E-state index is -3.66. The molecule has 0 unspecified atom stereocenters. The van der Waals surface area contributed by atoms with Crippen molar-refractivity contribution in [2.45, 2.75) is 6.92 Å². The van der Waals surface area contributed by atoms with E-state index in [4.69, 9.17) is 32.9 Å². The third kappa shape index (κ3) is 8.75. The van der Waals surface area contributed by atoms with Crippen molar-refractivity contribution in [1.82, 2.24) is 0 Å². The number of nitrogens with two attached hydrogens (primary N) is 2. The summed E-state index contributed by atoms with van der Waals surface area (Å²) in [7, 11) is -3.66. The smallest absolute Gasteiger partial charge is 0.348 e. The van der Waals surface area contributed by atoms with Crippen LogP contribution in [-0.2, 0) is 10.1 Å². The molecule has 0 aromatic heterocycles. The quantitative estimate of drug-likeness (QED) is 0.349. The molecule has 0 aliphatic heterocycles. The normalized spacial score (nSPS) is 9.73. The number of guanidine groups is 1. The number of hydrogen-bond donors (Lipinski definition) is 4. The van der Waals surface area contributed by atoms with Crippen molar-refractivity contribution in [2.75, 3.05) is 11.1 Å². The van der Waals surface area contributed by atoms with E-state index in [1.54, 1.807) is 0 Å². The topological polar surface area (TPSA) is 172 Å². The van der Waals surface area contributed by atoms with Crippen molar-refractivity contribution in [1.29, 1.82) is 5.26 Å². The first-order valence-corrected chi connectivity index (χ1v) is 7.63. The fourth-order valence-corrected chi connectivity index (χ4v) is 1.12.